The van der Waals surface area contributed by atoms with Crippen LogP contribution in [-0.4, -0.2) is 10.1 Å². The van der Waals surface area contributed by atoms with Gasteiger partial charge in [0.15, 0.2) is 0 Å². The van der Waals surface area contributed by atoms with Gasteiger partial charge in [-0.05, 0) is 12.1 Å². The van der Waals surface area contributed by atoms with Gasteiger partial charge in [-0.25, -0.2) is 0 Å². The van der Waals surface area contributed by atoms with E-state index in [2.05, 4.69) is 4.98 Å². The first-order chi connectivity index (χ1) is 4.39. The summed E-state index contributed by atoms with van der Waals surface area (Å²) in [6.07, 6.45) is 3.00. The Hall–Kier alpha value is -1.05. The summed E-state index contributed by atoms with van der Waals surface area (Å²) in [6.45, 7) is 4.00. The van der Waals surface area contributed by atoms with Gasteiger partial charge in [0.2, 0.25) is 0 Å². The van der Waals surface area contributed by atoms with Crippen LogP contribution >= 0.6 is 0 Å². The number of aromatic nitrogens is 1. The monoisotopic (exact) mass is 125 g/mol. The van der Waals surface area contributed by atoms with E-state index in [4.69, 9.17) is 5.11 Å². The van der Waals surface area contributed by atoms with Crippen molar-refractivity contribution in [1.29, 1.82) is 0 Å². The van der Waals surface area contributed by atoms with Gasteiger partial charge in [-0.1, -0.05) is 13.8 Å². The third-order valence-corrected chi connectivity index (χ3v) is 0.646. The van der Waals surface area contributed by atoms with Crippen LogP contribution in [0.3, 0.4) is 0 Å². The Kier molecular flexibility index (Phi) is 4.50. The minimum absolute atomic E-state index is 0.211. The highest BCUT2D eigenvalue weighted by Crippen LogP contribution is 1.99. The van der Waals surface area contributed by atoms with Crippen molar-refractivity contribution in [2.45, 2.75) is 13.8 Å². The second kappa shape index (κ2) is 5.09. The van der Waals surface area contributed by atoms with Crippen molar-refractivity contribution >= 4 is 0 Å². The molecule has 1 aromatic heterocycles. The zero-order valence-corrected chi connectivity index (χ0v) is 5.70. The molecule has 0 aliphatic heterocycles. The lowest BCUT2D eigenvalue weighted by Gasteiger charge is -1.81. The highest BCUT2D eigenvalue weighted by molar-refractivity contribution is 5.12. The van der Waals surface area contributed by atoms with Gasteiger partial charge >= 0.3 is 0 Å². The van der Waals surface area contributed by atoms with Gasteiger partial charge in [0.25, 0.3) is 0 Å². The van der Waals surface area contributed by atoms with Crippen molar-refractivity contribution < 1.29 is 5.11 Å². The van der Waals surface area contributed by atoms with Crippen molar-refractivity contribution in [3.8, 4) is 5.75 Å². The van der Waals surface area contributed by atoms with E-state index in [9.17, 15) is 0 Å². The molecule has 0 aliphatic rings. The molecule has 0 amide bonds. The van der Waals surface area contributed by atoms with Crippen LogP contribution in [0.1, 0.15) is 13.8 Å². The van der Waals surface area contributed by atoms with E-state index >= 15 is 0 Å². The standard InChI is InChI=1S/C5H5NO.C2H6/c7-5-2-1-3-6-4-5;1-2/h1-4,7H;1-2H3. The van der Waals surface area contributed by atoms with E-state index in [1.165, 1.54) is 6.20 Å². The average Bonchev–Trinajstić information content (AvgIpc) is 1.94. The Balaban J connectivity index is 0.000000291. The smallest absolute Gasteiger partial charge is 0.133 e. The Bertz CT molecular complexity index is 139. The normalized spacial score (nSPS) is 7.33. The first kappa shape index (κ1) is 7.95. The third-order valence-electron chi connectivity index (χ3n) is 0.646. The van der Waals surface area contributed by atoms with E-state index in [1.54, 1.807) is 18.3 Å². The first-order valence-corrected chi connectivity index (χ1v) is 2.98. The van der Waals surface area contributed by atoms with Crippen molar-refractivity contribution in [3.63, 3.8) is 0 Å². The topological polar surface area (TPSA) is 33.1 Å². The van der Waals surface area contributed by atoms with Crippen LogP contribution in [0.15, 0.2) is 24.5 Å². The molecule has 2 heteroatoms. The number of rotatable bonds is 0. The molecule has 0 saturated heterocycles. The third kappa shape index (κ3) is 3.53. The number of aromatic hydroxyl groups is 1. The summed E-state index contributed by atoms with van der Waals surface area (Å²) in [5.41, 5.74) is 0. The van der Waals surface area contributed by atoms with Gasteiger partial charge < -0.3 is 5.11 Å². The Labute approximate surface area is 55.2 Å². The molecular formula is C7H11NO. The summed E-state index contributed by atoms with van der Waals surface area (Å²) in [5.74, 6) is 0.211. The minimum Gasteiger partial charge on any atom is -0.506 e. The second-order valence-corrected chi connectivity index (χ2v) is 1.21. The minimum atomic E-state index is 0.211. The van der Waals surface area contributed by atoms with Gasteiger partial charge in [0.05, 0.1) is 6.20 Å². The Morgan fingerprint density at radius 2 is 2.11 bits per heavy atom. The van der Waals surface area contributed by atoms with E-state index in [-0.39, 0.29) is 5.75 Å². The van der Waals surface area contributed by atoms with Gasteiger partial charge in [-0.3, -0.25) is 4.98 Å². The Morgan fingerprint density at radius 3 is 2.33 bits per heavy atom. The molecule has 0 atom stereocenters. The number of pyridine rings is 1. The summed E-state index contributed by atoms with van der Waals surface area (Å²) in [6, 6.07) is 3.25. The van der Waals surface area contributed by atoms with E-state index in [0.717, 1.165) is 0 Å². The molecule has 2 nitrogen and oxygen atoms in total. The SMILES string of the molecule is CC.Oc1cccnc1. The largest absolute Gasteiger partial charge is 0.506 e. The number of hydrogen-bond acceptors (Lipinski definition) is 2. The van der Waals surface area contributed by atoms with Crippen LogP contribution in [0.2, 0.25) is 0 Å². The predicted octanol–water partition coefficient (Wildman–Crippen LogP) is 1.81. The van der Waals surface area contributed by atoms with Crippen LogP contribution in [0.4, 0.5) is 0 Å². The fourth-order valence-electron chi connectivity index (χ4n) is 0.354. The van der Waals surface area contributed by atoms with Crippen molar-refractivity contribution in [1.82, 2.24) is 4.98 Å². The summed E-state index contributed by atoms with van der Waals surface area (Å²) in [7, 11) is 0. The second-order valence-electron chi connectivity index (χ2n) is 1.21. The fraction of sp³-hybridized carbons (Fsp3) is 0.286. The quantitative estimate of drug-likeness (QED) is 0.573. The molecule has 0 spiro atoms. The number of nitrogens with zero attached hydrogens (tertiary/aromatic N) is 1. The average molecular weight is 125 g/mol. The van der Waals surface area contributed by atoms with E-state index in [0.29, 0.717) is 0 Å². The summed E-state index contributed by atoms with van der Waals surface area (Å²) in [4.78, 5) is 3.63. The molecule has 50 valence electrons. The van der Waals surface area contributed by atoms with Gasteiger partial charge in [0, 0.05) is 6.20 Å². The molecule has 1 heterocycles. The van der Waals surface area contributed by atoms with Crippen LogP contribution < -0.4 is 0 Å². The molecule has 0 aliphatic carbocycles. The van der Waals surface area contributed by atoms with Crippen LogP contribution in [0, 0.1) is 0 Å². The van der Waals surface area contributed by atoms with Crippen molar-refractivity contribution in [2.24, 2.45) is 0 Å². The molecule has 0 radical (unpaired) electrons. The molecule has 0 aromatic carbocycles. The van der Waals surface area contributed by atoms with E-state index < -0.39 is 0 Å². The van der Waals surface area contributed by atoms with Gasteiger partial charge in [-0.2, -0.15) is 0 Å². The number of hydrogen-bond donors (Lipinski definition) is 1. The molecule has 9 heavy (non-hydrogen) atoms. The molecule has 1 rings (SSSR count). The summed E-state index contributed by atoms with van der Waals surface area (Å²) < 4.78 is 0. The Morgan fingerprint density at radius 1 is 1.44 bits per heavy atom. The molecule has 1 N–H and O–H groups in total. The lowest BCUT2D eigenvalue weighted by atomic mass is 10.5. The van der Waals surface area contributed by atoms with Crippen molar-refractivity contribution in [2.75, 3.05) is 0 Å². The highest BCUT2D eigenvalue weighted by atomic mass is 16.3. The van der Waals surface area contributed by atoms with Crippen LogP contribution in [0.25, 0.3) is 0 Å². The molecule has 1 aromatic rings. The van der Waals surface area contributed by atoms with Gasteiger partial charge in [0.1, 0.15) is 5.75 Å². The van der Waals surface area contributed by atoms with Crippen LogP contribution in [0.5, 0.6) is 5.75 Å². The summed E-state index contributed by atoms with van der Waals surface area (Å²) in [5, 5.41) is 8.57. The molecule has 0 unspecified atom stereocenters. The molecule has 0 bridgehead atoms. The maximum absolute atomic E-state index is 8.57. The molecule has 0 saturated carbocycles. The lowest BCUT2D eigenvalue weighted by molar-refractivity contribution is 0.472. The fourth-order valence-corrected chi connectivity index (χ4v) is 0.354. The zero-order valence-electron chi connectivity index (χ0n) is 5.70. The van der Waals surface area contributed by atoms with Crippen LogP contribution in [-0.2, 0) is 0 Å². The first-order valence-electron chi connectivity index (χ1n) is 2.98. The van der Waals surface area contributed by atoms with Crippen molar-refractivity contribution in [3.05, 3.63) is 24.5 Å². The maximum Gasteiger partial charge on any atom is 0.133 e. The molecular weight excluding hydrogens is 114 g/mol. The van der Waals surface area contributed by atoms with E-state index in [1.807, 2.05) is 13.8 Å². The van der Waals surface area contributed by atoms with Gasteiger partial charge in [-0.15, -0.1) is 0 Å². The highest BCUT2D eigenvalue weighted by Gasteiger charge is 1.76. The maximum atomic E-state index is 8.57. The summed E-state index contributed by atoms with van der Waals surface area (Å²) >= 11 is 0. The zero-order chi connectivity index (χ0) is 7.11. The molecule has 0 fully saturated rings. The predicted molar refractivity (Wildman–Crippen MR) is 37.2 cm³/mol. The lowest BCUT2D eigenvalue weighted by Crippen LogP contribution is -1.64.